The molecule has 0 unspecified atom stereocenters. The predicted octanol–water partition coefficient (Wildman–Crippen LogP) is -0.254. The Kier molecular flexibility index (Phi) is 3.05. The fourth-order valence-electron chi connectivity index (χ4n) is 1.14. The summed E-state index contributed by atoms with van der Waals surface area (Å²) in [5, 5.41) is 10.7. The van der Waals surface area contributed by atoms with Gasteiger partial charge in [-0.05, 0) is 11.8 Å². The molecular weight excluding hydrogens is 142 g/mol. The van der Waals surface area contributed by atoms with Crippen LogP contribution in [-0.2, 0) is 4.79 Å². The van der Waals surface area contributed by atoms with Crippen LogP contribution in [0.3, 0.4) is 0 Å². The van der Waals surface area contributed by atoms with Crippen molar-refractivity contribution in [2.75, 3.05) is 0 Å². The second-order valence-electron chi connectivity index (χ2n) is 3.53. The summed E-state index contributed by atoms with van der Waals surface area (Å²) >= 11 is 0. The normalized spacial score (nSPS) is 12.6. The Labute approximate surface area is 67.6 Å². The van der Waals surface area contributed by atoms with Gasteiger partial charge in [-0.1, -0.05) is 27.7 Å². The topological polar surface area (TPSA) is 66.2 Å². The standard InChI is InChI=1S/C8H17NO2/c1-5(2)8(9,6(3)4)7(10)11/h5-6H,9H2,1-4H3,(H,10,11)/p-1. The molecule has 0 aliphatic rings. The Morgan fingerprint density at radius 1 is 1.27 bits per heavy atom. The molecule has 0 aromatic carbocycles. The third kappa shape index (κ3) is 1.71. The van der Waals surface area contributed by atoms with Crippen molar-refractivity contribution in [1.29, 1.82) is 0 Å². The number of hydrogen-bond donors (Lipinski definition) is 1. The number of carboxylic acid groups (broad SMARTS) is 1. The number of carboxylic acids is 1. The van der Waals surface area contributed by atoms with E-state index in [-0.39, 0.29) is 11.8 Å². The van der Waals surface area contributed by atoms with E-state index in [0.717, 1.165) is 0 Å². The first-order valence-electron chi connectivity index (χ1n) is 3.83. The van der Waals surface area contributed by atoms with Gasteiger partial charge in [-0.15, -0.1) is 0 Å². The quantitative estimate of drug-likeness (QED) is 0.615. The molecule has 0 heterocycles. The summed E-state index contributed by atoms with van der Waals surface area (Å²) < 4.78 is 0. The first kappa shape index (κ1) is 10.4. The highest BCUT2D eigenvalue weighted by molar-refractivity contribution is 5.77. The molecule has 0 spiro atoms. The Morgan fingerprint density at radius 3 is 1.55 bits per heavy atom. The van der Waals surface area contributed by atoms with E-state index in [1.807, 2.05) is 0 Å². The van der Waals surface area contributed by atoms with E-state index < -0.39 is 11.5 Å². The van der Waals surface area contributed by atoms with Crippen LogP contribution in [0.15, 0.2) is 0 Å². The molecule has 0 fully saturated rings. The van der Waals surface area contributed by atoms with Crippen molar-refractivity contribution >= 4 is 5.97 Å². The molecule has 0 radical (unpaired) electrons. The van der Waals surface area contributed by atoms with Crippen LogP contribution in [-0.4, -0.2) is 11.5 Å². The van der Waals surface area contributed by atoms with E-state index in [0.29, 0.717) is 0 Å². The number of carbonyl (C=O) groups is 1. The molecule has 3 heteroatoms. The molecule has 0 aliphatic carbocycles. The van der Waals surface area contributed by atoms with Crippen molar-refractivity contribution in [1.82, 2.24) is 0 Å². The summed E-state index contributed by atoms with van der Waals surface area (Å²) in [4.78, 5) is 10.7. The minimum absolute atomic E-state index is 0.104. The minimum Gasteiger partial charge on any atom is -0.548 e. The predicted molar refractivity (Wildman–Crippen MR) is 41.6 cm³/mol. The number of hydrogen-bond acceptors (Lipinski definition) is 3. The van der Waals surface area contributed by atoms with Crippen molar-refractivity contribution in [3.8, 4) is 0 Å². The first-order chi connectivity index (χ1) is 4.83. The van der Waals surface area contributed by atoms with Crippen molar-refractivity contribution in [2.45, 2.75) is 33.2 Å². The smallest absolute Gasteiger partial charge is 0.0618 e. The van der Waals surface area contributed by atoms with Gasteiger partial charge in [0.05, 0.1) is 11.5 Å². The van der Waals surface area contributed by atoms with Crippen LogP contribution < -0.4 is 10.8 Å². The molecule has 0 bridgehead atoms. The summed E-state index contributed by atoms with van der Waals surface area (Å²) in [6.07, 6.45) is 0. The molecule has 0 saturated carbocycles. The Morgan fingerprint density at radius 2 is 1.55 bits per heavy atom. The van der Waals surface area contributed by atoms with Gasteiger partial charge < -0.3 is 15.6 Å². The highest BCUT2D eigenvalue weighted by Crippen LogP contribution is 2.22. The molecule has 0 aromatic heterocycles. The van der Waals surface area contributed by atoms with Gasteiger partial charge in [0.1, 0.15) is 0 Å². The molecule has 0 rings (SSSR count). The molecule has 2 N–H and O–H groups in total. The van der Waals surface area contributed by atoms with Gasteiger partial charge in [0.2, 0.25) is 0 Å². The van der Waals surface area contributed by atoms with Crippen molar-refractivity contribution in [2.24, 2.45) is 17.6 Å². The summed E-state index contributed by atoms with van der Waals surface area (Å²) in [5.74, 6) is -1.37. The lowest BCUT2D eigenvalue weighted by atomic mass is 9.78. The SMILES string of the molecule is CC(C)C(N)(C(=O)[O-])C(C)C. The summed E-state index contributed by atoms with van der Waals surface area (Å²) in [7, 11) is 0. The highest BCUT2D eigenvalue weighted by Gasteiger charge is 2.33. The summed E-state index contributed by atoms with van der Waals surface area (Å²) in [6, 6.07) is 0. The van der Waals surface area contributed by atoms with E-state index in [2.05, 4.69) is 0 Å². The Bertz CT molecular complexity index is 144. The molecule has 0 aromatic rings. The van der Waals surface area contributed by atoms with E-state index >= 15 is 0 Å². The van der Waals surface area contributed by atoms with Crippen LogP contribution >= 0.6 is 0 Å². The zero-order valence-electron chi connectivity index (χ0n) is 7.55. The number of aliphatic carboxylic acids is 1. The third-order valence-corrected chi connectivity index (χ3v) is 2.26. The van der Waals surface area contributed by atoms with E-state index in [1.165, 1.54) is 0 Å². The fraction of sp³-hybridized carbons (Fsp3) is 0.875. The maximum atomic E-state index is 10.7. The van der Waals surface area contributed by atoms with E-state index in [1.54, 1.807) is 27.7 Å². The second kappa shape index (κ2) is 3.22. The molecular formula is C8H16NO2-. The molecule has 0 aliphatic heterocycles. The molecule has 11 heavy (non-hydrogen) atoms. The van der Waals surface area contributed by atoms with E-state index in [9.17, 15) is 9.90 Å². The van der Waals surface area contributed by atoms with Gasteiger partial charge in [-0.25, -0.2) is 0 Å². The third-order valence-electron chi connectivity index (χ3n) is 2.26. The molecule has 66 valence electrons. The van der Waals surface area contributed by atoms with Crippen LogP contribution in [0.1, 0.15) is 27.7 Å². The number of rotatable bonds is 3. The number of nitrogens with two attached hydrogens (primary N) is 1. The average molecular weight is 158 g/mol. The van der Waals surface area contributed by atoms with Gasteiger partial charge >= 0.3 is 0 Å². The minimum atomic E-state index is -1.19. The van der Waals surface area contributed by atoms with Crippen molar-refractivity contribution in [3.05, 3.63) is 0 Å². The van der Waals surface area contributed by atoms with Gasteiger partial charge in [0.25, 0.3) is 0 Å². The zero-order chi connectivity index (χ0) is 9.23. The van der Waals surface area contributed by atoms with Crippen LogP contribution in [0.5, 0.6) is 0 Å². The van der Waals surface area contributed by atoms with Crippen LogP contribution in [0.2, 0.25) is 0 Å². The lowest BCUT2D eigenvalue weighted by Crippen LogP contribution is -2.62. The van der Waals surface area contributed by atoms with Crippen molar-refractivity contribution < 1.29 is 9.90 Å². The summed E-state index contributed by atoms with van der Waals surface area (Å²) in [5.41, 5.74) is 4.47. The van der Waals surface area contributed by atoms with Crippen molar-refractivity contribution in [3.63, 3.8) is 0 Å². The van der Waals surface area contributed by atoms with Gasteiger partial charge in [-0.2, -0.15) is 0 Å². The zero-order valence-corrected chi connectivity index (χ0v) is 7.55. The lowest BCUT2D eigenvalue weighted by molar-refractivity contribution is -0.316. The van der Waals surface area contributed by atoms with Crippen LogP contribution in [0.25, 0.3) is 0 Å². The second-order valence-corrected chi connectivity index (χ2v) is 3.53. The first-order valence-corrected chi connectivity index (χ1v) is 3.83. The van der Waals surface area contributed by atoms with Crippen LogP contribution in [0.4, 0.5) is 0 Å². The average Bonchev–Trinajstić information content (AvgIpc) is 1.84. The van der Waals surface area contributed by atoms with Gasteiger partial charge in [0, 0.05) is 0 Å². The Hall–Kier alpha value is -0.570. The van der Waals surface area contributed by atoms with Gasteiger partial charge in [0.15, 0.2) is 0 Å². The molecule has 0 atom stereocenters. The monoisotopic (exact) mass is 158 g/mol. The molecule has 3 nitrogen and oxygen atoms in total. The molecule has 0 amide bonds. The largest absolute Gasteiger partial charge is 0.548 e. The fourth-order valence-corrected chi connectivity index (χ4v) is 1.14. The number of carbonyl (C=O) groups excluding carboxylic acids is 1. The Balaban J connectivity index is 4.67. The summed E-state index contributed by atoms with van der Waals surface area (Å²) in [6.45, 7) is 7.15. The van der Waals surface area contributed by atoms with E-state index in [4.69, 9.17) is 5.73 Å². The lowest BCUT2D eigenvalue weighted by Gasteiger charge is -2.38. The van der Waals surface area contributed by atoms with Gasteiger partial charge in [-0.3, -0.25) is 0 Å². The highest BCUT2D eigenvalue weighted by atomic mass is 16.4. The molecule has 0 saturated heterocycles. The maximum Gasteiger partial charge on any atom is 0.0618 e. The van der Waals surface area contributed by atoms with Crippen LogP contribution in [0, 0.1) is 11.8 Å². The maximum absolute atomic E-state index is 10.7.